The topological polar surface area (TPSA) is 567 Å². The van der Waals surface area contributed by atoms with E-state index in [4.69, 9.17) is 88.3 Å². The van der Waals surface area contributed by atoms with Gasteiger partial charge < -0.3 is 164 Å². The van der Waals surface area contributed by atoms with Gasteiger partial charge in [0.1, 0.15) is 48.8 Å². The van der Waals surface area contributed by atoms with Crippen LogP contribution in [-0.2, 0) is 111 Å². The number of hydrogen-bond donors (Lipinski definition) is 11. The molecule has 39 nitrogen and oxygen atoms in total. The van der Waals surface area contributed by atoms with Crippen LogP contribution >= 0.6 is 31.3 Å². The number of unbranched alkanes of at least 4 members (excludes halogenated alkanes) is 11. The molecule has 117 heavy (non-hydrogen) atoms. The normalized spacial score (nSPS) is 26.3. The average molecular weight is 1790 g/mol. The number of aliphatic hydroxyl groups is 10. The van der Waals surface area contributed by atoms with E-state index in [0.717, 1.165) is 25.2 Å². The molecule has 3 fully saturated rings. The molecule has 0 aromatic rings. The van der Waals surface area contributed by atoms with Crippen molar-refractivity contribution in [3.05, 3.63) is 0 Å². The molecule has 11 N–H and O–H groups in total. The molecule has 1 amide bonds. The van der Waals surface area contributed by atoms with E-state index in [1.54, 1.807) is 21.0 Å². The summed E-state index contributed by atoms with van der Waals surface area (Å²) in [5, 5.41) is 102. The Bertz CT molecular complexity index is 2480. The van der Waals surface area contributed by atoms with Crippen molar-refractivity contribution in [1.82, 2.24) is 5.32 Å². The molecule has 0 spiro atoms. The van der Waals surface area contributed by atoms with Gasteiger partial charge in [0.25, 0.3) is 31.3 Å². The summed E-state index contributed by atoms with van der Waals surface area (Å²) in [5.74, 6) is -0.912. The molecule has 0 bridgehead atoms. The Kier molecular flexibility index (Phi) is 69.9. The largest absolute Gasteiger partial charge is 0.756 e. The Morgan fingerprint density at radius 3 is 1.03 bits per heavy atom. The number of amides is 1. The number of hydrogen-bond acceptors (Lipinski definition) is 38. The number of carbonyl (C=O) groups excluding carboxylic acids is 1. The highest BCUT2D eigenvalue weighted by molar-refractivity contribution is 7.46. The maximum atomic E-state index is 13.4. The molecule has 3 saturated heterocycles. The predicted octanol–water partition coefficient (Wildman–Crippen LogP) is 4.21. The van der Waals surface area contributed by atoms with Gasteiger partial charge in [-0.2, -0.15) is 0 Å². The van der Waals surface area contributed by atoms with Crippen molar-refractivity contribution < 1.29 is 182 Å². The van der Waals surface area contributed by atoms with Gasteiger partial charge in [-0.05, 0) is 83.0 Å². The van der Waals surface area contributed by atoms with E-state index < -0.39 is 187 Å². The van der Waals surface area contributed by atoms with Gasteiger partial charge >= 0.3 is 0 Å². The van der Waals surface area contributed by atoms with Crippen LogP contribution in [0.1, 0.15) is 199 Å². The van der Waals surface area contributed by atoms with E-state index in [0.29, 0.717) is 90.1 Å². The molecule has 0 saturated carbocycles. The molecular formula is C74H151NO38P4-4. The summed E-state index contributed by atoms with van der Waals surface area (Å²) in [6.07, 6.45) is -4.50. The Morgan fingerprint density at radius 1 is 0.402 bits per heavy atom. The number of phosphoric acid groups is 4. The fraction of sp³-hybridized carbons (Fsp3) is 0.986. The maximum absolute atomic E-state index is 13.4. The fourth-order valence-electron chi connectivity index (χ4n) is 11.4. The van der Waals surface area contributed by atoms with Crippen LogP contribution in [0.25, 0.3) is 0 Å². The molecule has 0 aromatic carbocycles. The first-order chi connectivity index (χ1) is 54.7. The van der Waals surface area contributed by atoms with E-state index >= 15 is 0 Å². The number of phosphoric ester groups is 4. The number of rotatable bonds is 69. The second-order valence-electron chi connectivity index (χ2n) is 29.1. The van der Waals surface area contributed by atoms with Crippen molar-refractivity contribution in [2.45, 2.75) is 279 Å². The smallest absolute Gasteiger partial charge is 0.267 e. The van der Waals surface area contributed by atoms with Crippen LogP contribution in [0, 0.1) is 29.1 Å². The van der Waals surface area contributed by atoms with Gasteiger partial charge in [-0.25, -0.2) is 0 Å². The number of ether oxygens (including phenoxy) is 11. The van der Waals surface area contributed by atoms with Crippen molar-refractivity contribution in [2.24, 2.45) is 29.1 Å². The highest BCUT2D eigenvalue weighted by atomic mass is 31.2. The van der Waals surface area contributed by atoms with E-state index in [1.807, 2.05) is 13.8 Å². The van der Waals surface area contributed by atoms with Crippen molar-refractivity contribution in [1.29, 1.82) is 0 Å². The summed E-state index contributed by atoms with van der Waals surface area (Å²) in [5.41, 5.74) is -1.55. The molecule has 3 aliphatic heterocycles. The summed E-state index contributed by atoms with van der Waals surface area (Å²) in [6, 6.07) is -1.11. The number of aliphatic hydroxyl groups excluding tert-OH is 10. The summed E-state index contributed by atoms with van der Waals surface area (Å²) in [7, 11) is -17.9. The fourth-order valence-corrected chi connectivity index (χ4v) is 14.6. The lowest BCUT2D eigenvalue weighted by Gasteiger charge is -2.42. The number of nitrogens with one attached hydrogen (secondary N) is 1. The lowest BCUT2D eigenvalue weighted by atomic mass is 9.92. The van der Waals surface area contributed by atoms with E-state index in [9.17, 15) is 93.7 Å². The van der Waals surface area contributed by atoms with E-state index in [1.165, 1.54) is 6.92 Å². The van der Waals surface area contributed by atoms with Crippen molar-refractivity contribution in [2.75, 3.05) is 166 Å². The lowest BCUT2D eigenvalue weighted by molar-refractivity contribution is -0.282. The van der Waals surface area contributed by atoms with Crippen LogP contribution in [0.4, 0.5) is 0 Å². The van der Waals surface area contributed by atoms with Crippen LogP contribution in [0.5, 0.6) is 0 Å². The molecule has 704 valence electrons. The number of carbonyl (C=O) groups is 1. The zero-order valence-electron chi connectivity index (χ0n) is 69.1. The van der Waals surface area contributed by atoms with E-state index in [2.05, 4.69) is 26.1 Å². The number of methoxy groups -OCH3 is 1. The molecule has 11 unspecified atom stereocenters. The summed E-state index contributed by atoms with van der Waals surface area (Å²) >= 11 is 0. The van der Waals surface area contributed by atoms with Gasteiger partial charge in [0, 0.05) is 91.2 Å². The minimum absolute atomic E-state index is 0. The minimum atomic E-state index is -5.13. The van der Waals surface area contributed by atoms with Crippen LogP contribution < -0.4 is 24.9 Å². The minimum Gasteiger partial charge on any atom is -0.756 e. The molecule has 0 aromatic heterocycles. The maximum Gasteiger partial charge on any atom is 0.267 e. The second kappa shape index (κ2) is 69.2. The Morgan fingerprint density at radius 2 is 0.692 bits per heavy atom. The van der Waals surface area contributed by atoms with Crippen LogP contribution in [0.15, 0.2) is 0 Å². The summed E-state index contributed by atoms with van der Waals surface area (Å²) in [6.45, 7) is 10.2. The van der Waals surface area contributed by atoms with Crippen molar-refractivity contribution in [3.63, 3.8) is 0 Å². The zero-order chi connectivity index (χ0) is 86.1. The van der Waals surface area contributed by atoms with Crippen molar-refractivity contribution in [3.8, 4) is 0 Å². The lowest BCUT2D eigenvalue weighted by Crippen LogP contribution is -2.64. The third-order valence-electron chi connectivity index (χ3n) is 17.9. The Hall–Kier alpha value is -0.930. The highest BCUT2D eigenvalue weighted by Crippen LogP contribution is 2.43. The van der Waals surface area contributed by atoms with Gasteiger partial charge in [-0.15, -0.1) is 0 Å². The molecular weight excluding hydrogens is 1630 g/mol. The first-order valence-electron chi connectivity index (χ1n) is 40.5. The standard InChI is InChI=1S/C66H131NO38P4.C4H10.C2H6.2CH4/c1-49-57(73)59(75)53(41-69)103-63(49)92-30-14-5-8-17-33-95-106(79,80)98-37-21-27-89-45-66(48-102-109(85,86)101-36-20-26-88-44-52(40-68)24-12-11-13-25-87-4,46-90-28-22-38-99-107(81,82)96-34-18-9-6-15-31-93-64-50(2)58(74)60(76)54(42-70)104-64)47-91-29-23-39-100-108(83,84)97-35-19-10-7-16-32-94-65-56(67-51(3)72)62(78)61(77)55(43-71)105-65;1-4(2)3;1-2;;/h49-50,52-65,68-71,73-78H,5-48H2,1-4H3,(H,67,72)(H,79,80)(H,81,82)(H,83,84)(H,85,86);4H,1-3H3;1-2H3;2*1H4/p-4/t49?,50?,52?,53?,54?,55?,56?,57-,58-,59+,60+,61+,62-,63-,64-,65-,66?;;;;/m1..../s1. The van der Waals surface area contributed by atoms with Gasteiger partial charge in [0.05, 0.1) is 117 Å². The van der Waals surface area contributed by atoms with Gasteiger partial charge in [0.2, 0.25) is 5.91 Å². The molecule has 20 atom stereocenters. The van der Waals surface area contributed by atoms with E-state index in [-0.39, 0.29) is 146 Å². The summed E-state index contributed by atoms with van der Waals surface area (Å²) < 4.78 is 155. The quantitative estimate of drug-likeness (QED) is 0.0300. The van der Waals surface area contributed by atoms with Gasteiger partial charge in [0.15, 0.2) is 18.9 Å². The van der Waals surface area contributed by atoms with Gasteiger partial charge in [-0.3, -0.25) is 23.1 Å². The molecule has 3 heterocycles. The summed E-state index contributed by atoms with van der Waals surface area (Å²) in [4.78, 5) is 63.3. The Balaban J connectivity index is 0. The van der Waals surface area contributed by atoms with Crippen LogP contribution in [0.3, 0.4) is 0 Å². The first kappa shape index (κ1) is 118. The zero-order valence-corrected chi connectivity index (χ0v) is 72.7. The molecule has 3 aliphatic rings. The predicted molar refractivity (Wildman–Crippen MR) is 421 cm³/mol. The Labute approximate surface area is 695 Å². The third kappa shape index (κ3) is 54.7. The van der Waals surface area contributed by atoms with Crippen molar-refractivity contribution >= 4 is 37.2 Å². The SMILES string of the molecule is C.C.CC.CC(C)C.COCCCCCC(CO)COCCCOP(=O)([O-])OCC(COCCCOP(=O)([O-])OCCCCCCO[C@@H]1OC(CO)[C@H](O)[C@H](O)C1C)(COCCCOP(=O)([O-])OCCCCCCO[C@@H]1OC(CO)[C@H](O)[C@H](O)C1C)COCCCOP(=O)([O-])OCCCCCCO[C@@H]1OC(CO)[C@H](O)[C@H](O)C1NC(C)=O. The average Bonchev–Trinajstić information content (AvgIpc) is 0.817. The molecule has 3 rings (SSSR count). The highest BCUT2D eigenvalue weighted by Gasteiger charge is 2.46. The first-order valence-corrected chi connectivity index (χ1v) is 46.4. The van der Waals surface area contributed by atoms with Crippen LogP contribution in [-0.4, -0.2) is 302 Å². The van der Waals surface area contributed by atoms with Crippen LogP contribution in [0.2, 0.25) is 0 Å². The monoisotopic (exact) mass is 1790 g/mol. The molecule has 43 heteroatoms. The second-order valence-corrected chi connectivity index (χ2v) is 34.7. The molecule has 0 radical (unpaired) electrons. The third-order valence-corrected chi connectivity index (χ3v) is 21.8. The van der Waals surface area contributed by atoms with Gasteiger partial charge in [-0.1, -0.05) is 115 Å². The molecule has 0 aliphatic carbocycles.